The normalized spacial score (nSPS) is 19.8. The smallest absolute Gasteiger partial charge is 0.323 e. The Morgan fingerprint density at radius 2 is 2.09 bits per heavy atom. The molecule has 1 N–H and O–H groups in total. The maximum atomic E-state index is 12.3. The van der Waals surface area contributed by atoms with E-state index >= 15 is 0 Å². The molecule has 0 radical (unpaired) electrons. The lowest BCUT2D eigenvalue weighted by molar-refractivity contribution is -0.153. The highest BCUT2D eigenvalue weighted by molar-refractivity contribution is 5.79. The molecule has 1 fully saturated rings. The van der Waals surface area contributed by atoms with Crippen LogP contribution in [-0.2, 0) is 20.7 Å². The molecule has 0 aromatic heterocycles. The number of rotatable bonds is 7. The minimum atomic E-state index is -0.855. The quantitative estimate of drug-likeness (QED) is 0.781. The van der Waals surface area contributed by atoms with E-state index in [1.807, 2.05) is 30.3 Å². The average Bonchev–Trinajstić information content (AvgIpc) is 2.98. The molecule has 1 aliphatic heterocycles. The number of hydrogen-bond acceptors (Lipinski definition) is 4. The van der Waals surface area contributed by atoms with E-state index in [0.29, 0.717) is 26.0 Å². The van der Waals surface area contributed by atoms with Gasteiger partial charge in [-0.25, -0.2) is 0 Å². The van der Waals surface area contributed by atoms with Gasteiger partial charge in [-0.1, -0.05) is 30.3 Å². The molecule has 22 heavy (non-hydrogen) atoms. The van der Waals surface area contributed by atoms with Crippen LogP contribution >= 0.6 is 0 Å². The molecule has 0 aliphatic carbocycles. The minimum Gasteiger partial charge on any atom is -0.480 e. The molecular formula is C17H23NO4. The van der Waals surface area contributed by atoms with Crippen molar-refractivity contribution in [1.29, 1.82) is 0 Å². The summed E-state index contributed by atoms with van der Waals surface area (Å²) in [6.45, 7) is 2.71. The van der Waals surface area contributed by atoms with Crippen molar-refractivity contribution in [2.24, 2.45) is 0 Å². The molecule has 120 valence electrons. The summed E-state index contributed by atoms with van der Waals surface area (Å²) in [4.78, 5) is 25.4. The van der Waals surface area contributed by atoms with E-state index < -0.39 is 18.1 Å². The molecule has 5 heteroatoms. The largest absolute Gasteiger partial charge is 0.480 e. The van der Waals surface area contributed by atoms with Crippen molar-refractivity contribution in [3.63, 3.8) is 0 Å². The van der Waals surface area contributed by atoms with Gasteiger partial charge >= 0.3 is 11.9 Å². The van der Waals surface area contributed by atoms with E-state index in [2.05, 4.69) is 0 Å². The number of carboxylic acid groups (broad SMARTS) is 1. The maximum absolute atomic E-state index is 12.3. The predicted octanol–water partition coefficient (Wildman–Crippen LogP) is 2.10. The van der Waals surface area contributed by atoms with Crippen LogP contribution in [0.25, 0.3) is 0 Å². The number of hydrogen-bond donors (Lipinski definition) is 1. The Kier molecular flexibility index (Phi) is 5.95. The molecule has 0 saturated carbocycles. The van der Waals surface area contributed by atoms with Crippen LogP contribution in [0.2, 0.25) is 0 Å². The van der Waals surface area contributed by atoms with Crippen LogP contribution in [0.4, 0.5) is 0 Å². The van der Waals surface area contributed by atoms with E-state index in [-0.39, 0.29) is 5.97 Å². The first-order chi connectivity index (χ1) is 10.6. The van der Waals surface area contributed by atoms with Crippen LogP contribution in [0, 0.1) is 0 Å². The van der Waals surface area contributed by atoms with Crippen molar-refractivity contribution in [2.75, 3.05) is 13.2 Å². The predicted molar refractivity (Wildman–Crippen MR) is 82.5 cm³/mol. The van der Waals surface area contributed by atoms with Gasteiger partial charge in [-0.05, 0) is 44.7 Å². The van der Waals surface area contributed by atoms with Crippen LogP contribution in [-0.4, -0.2) is 47.2 Å². The fourth-order valence-corrected chi connectivity index (χ4v) is 3.03. The van der Waals surface area contributed by atoms with Gasteiger partial charge in [-0.2, -0.15) is 0 Å². The zero-order valence-corrected chi connectivity index (χ0v) is 12.9. The molecule has 0 spiro atoms. The van der Waals surface area contributed by atoms with Crippen LogP contribution in [0.5, 0.6) is 0 Å². The Morgan fingerprint density at radius 3 is 2.73 bits per heavy atom. The lowest BCUT2D eigenvalue weighted by Crippen LogP contribution is -2.48. The highest BCUT2D eigenvalue weighted by Crippen LogP contribution is 2.24. The van der Waals surface area contributed by atoms with E-state index in [1.165, 1.54) is 0 Å². The van der Waals surface area contributed by atoms with E-state index in [4.69, 9.17) is 4.74 Å². The lowest BCUT2D eigenvalue weighted by Gasteiger charge is -2.29. The number of nitrogens with zero attached hydrogens (tertiary/aromatic N) is 1. The van der Waals surface area contributed by atoms with Crippen molar-refractivity contribution in [3.8, 4) is 0 Å². The number of ether oxygens (including phenoxy) is 1. The summed E-state index contributed by atoms with van der Waals surface area (Å²) in [5.41, 5.74) is 1.14. The third-order valence-corrected chi connectivity index (χ3v) is 4.09. The van der Waals surface area contributed by atoms with Gasteiger partial charge in [0, 0.05) is 0 Å². The van der Waals surface area contributed by atoms with Gasteiger partial charge in [0.05, 0.1) is 6.61 Å². The zero-order chi connectivity index (χ0) is 15.9. The molecular weight excluding hydrogens is 282 g/mol. The van der Waals surface area contributed by atoms with Gasteiger partial charge in [0.1, 0.15) is 12.1 Å². The molecule has 1 unspecified atom stereocenters. The molecule has 0 amide bonds. The summed E-state index contributed by atoms with van der Waals surface area (Å²) in [6.07, 6.45) is 2.70. The molecule has 2 rings (SSSR count). The Morgan fingerprint density at radius 1 is 1.36 bits per heavy atom. The molecule has 1 aromatic rings. The second kappa shape index (κ2) is 7.94. The summed E-state index contributed by atoms with van der Waals surface area (Å²) in [5, 5.41) is 9.34. The number of carbonyl (C=O) groups excluding carboxylic acids is 1. The molecule has 5 nitrogen and oxygen atoms in total. The number of aryl methyl sites for hydroxylation is 1. The Hall–Kier alpha value is -1.88. The van der Waals surface area contributed by atoms with Crippen LogP contribution in [0.3, 0.4) is 0 Å². The minimum absolute atomic E-state index is 0.312. The van der Waals surface area contributed by atoms with Crippen LogP contribution < -0.4 is 0 Å². The van der Waals surface area contributed by atoms with Gasteiger partial charge in [-0.3, -0.25) is 14.5 Å². The van der Waals surface area contributed by atoms with Crippen LogP contribution in [0.1, 0.15) is 31.7 Å². The van der Waals surface area contributed by atoms with Gasteiger partial charge in [0.25, 0.3) is 0 Å². The zero-order valence-electron chi connectivity index (χ0n) is 12.9. The van der Waals surface area contributed by atoms with Crippen molar-refractivity contribution >= 4 is 11.9 Å². The first-order valence-corrected chi connectivity index (χ1v) is 7.82. The Balaban J connectivity index is 2.08. The standard InChI is InChI=1S/C17H23NO4/c1-2-22-17(21)15(11-10-13-7-4-3-5-8-13)18-12-6-9-14(18)16(19)20/h3-5,7-8,14-15H,2,6,9-12H2,1H3,(H,19,20)/t14-,15?/m0/s1. The number of carbonyl (C=O) groups is 2. The van der Waals surface area contributed by atoms with Crippen molar-refractivity contribution in [2.45, 2.75) is 44.7 Å². The summed E-state index contributed by atoms with van der Waals surface area (Å²) in [6, 6.07) is 8.85. The number of aliphatic carboxylic acids is 1. The first-order valence-electron chi connectivity index (χ1n) is 7.82. The second-order valence-electron chi connectivity index (χ2n) is 5.53. The van der Waals surface area contributed by atoms with Crippen molar-refractivity contribution in [1.82, 2.24) is 4.90 Å². The number of likely N-dealkylation sites (tertiary alicyclic amines) is 1. The second-order valence-corrected chi connectivity index (χ2v) is 5.53. The Labute approximate surface area is 130 Å². The third kappa shape index (κ3) is 4.07. The van der Waals surface area contributed by atoms with Crippen molar-refractivity contribution in [3.05, 3.63) is 35.9 Å². The summed E-state index contributed by atoms with van der Waals surface area (Å²) in [5.74, 6) is -1.17. The van der Waals surface area contributed by atoms with Gasteiger partial charge in [0.15, 0.2) is 0 Å². The SMILES string of the molecule is CCOC(=O)C(CCc1ccccc1)N1CCC[C@H]1C(=O)O. The third-order valence-electron chi connectivity index (χ3n) is 4.09. The summed E-state index contributed by atoms with van der Waals surface area (Å²) < 4.78 is 5.16. The topological polar surface area (TPSA) is 66.8 Å². The Bertz CT molecular complexity index is 503. The molecule has 0 bridgehead atoms. The highest BCUT2D eigenvalue weighted by atomic mass is 16.5. The molecule has 1 aliphatic rings. The summed E-state index contributed by atoms with van der Waals surface area (Å²) >= 11 is 0. The number of carboxylic acids is 1. The number of benzene rings is 1. The lowest BCUT2D eigenvalue weighted by atomic mass is 10.0. The first kappa shape index (κ1) is 16.5. The van der Waals surface area contributed by atoms with E-state index in [9.17, 15) is 14.7 Å². The fourth-order valence-electron chi connectivity index (χ4n) is 3.03. The average molecular weight is 305 g/mol. The molecule has 1 heterocycles. The molecule has 2 atom stereocenters. The molecule has 1 saturated heterocycles. The van der Waals surface area contributed by atoms with E-state index in [0.717, 1.165) is 18.4 Å². The van der Waals surface area contributed by atoms with Gasteiger partial charge in [-0.15, -0.1) is 0 Å². The monoisotopic (exact) mass is 305 g/mol. The van der Waals surface area contributed by atoms with Crippen LogP contribution in [0.15, 0.2) is 30.3 Å². The highest BCUT2D eigenvalue weighted by Gasteiger charge is 2.38. The number of esters is 1. The van der Waals surface area contributed by atoms with Crippen molar-refractivity contribution < 1.29 is 19.4 Å². The van der Waals surface area contributed by atoms with E-state index in [1.54, 1.807) is 11.8 Å². The molecule has 1 aromatic carbocycles. The van der Waals surface area contributed by atoms with Gasteiger partial charge < -0.3 is 9.84 Å². The summed E-state index contributed by atoms with van der Waals surface area (Å²) in [7, 11) is 0. The van der Waals surface area contributed by atoms with Gasteiger partial charge in [0.2, 0.25) is 0 Å². The maximum Gasteiger partial charge on any atom is 0.323 e. The fraction of sp³-hybridized carbons (Fsp3) is 0.529.